The maximum absolute atomic E-state index is 13.9. The van der Waals surface area contributed by atoms with Crippen molar-refractivity contribution in [1.82, 2.24) is 19.9 Å². The van der Waals surface area contributed by atoms with Crippen LogP contribution in [-0.2, 0) is 14.6 Å². The number of sulfone groups is 1. The fraction of sp³-hybridized carbons (Fsp3) is 0.333. The average molecular weight is 602 g/mol. The van der Waals surface area contributed by atoms with E-state index in [-0.39, 0.29) is 38.5 Å². The van der Waals surface area contributed by atoms with E-state index in [0.717, 1.165) is 57.4 Å². The van der Waals surface area contributed by atoms with Crippen molar-refractivity contribution in [3.8, 4) is 17.6 Å². The number of H-pyrrole nitrogens is 1. The fourth-order valence-electron chi connectivity index (χ4n) is 5.76. The molecule has 43 heavy (non-hydrogen) atoms. The second-order valence-electron chi connectivity index (χ2n) is 10.7. The molecule has 0 atom stereocenters. The minimum Gasteiger partial charge on any atom is -0.453 e. The van der Waals surface area contributed by atoms with Crippen molar-refractivity contribution in [2.24, 2.45) is 5.73 Å². The van der Waals surface area contributed by atoms with Gasteiger partial charge in [-0.05, 0) is 56.0 Å². The zero-order valence-corrected chi connectivity index (χ0v) is 24.1. The Morgan fingerprint density at radius 2 is 1.91 bits per heavy atom. The molecular formula is C30H31N7O5S. The Hall–Kier alpha value is -4.51. The van der Waals surface area contributed by atoms with Crippen LogP contribution in [0.3, 0.4) is 0 Å². The van der Waals surface area contributed by atoms with Crippen LogP contribution in [0.4, 0.5) is 5.82 Å². The zero-order chi connectivity index (χ0) is 30.0. The highest BCUT2D eigenvalue weighted by molar-refractivity contribution is 7.91. The van der Waals surface area contributed by atoms with Gasteiger partial charge in [0.2, 0.25) is 9.84 Å². The first-order valence-electron chi connectivity index (χ1n) is 14.1. The fourth-order valence-corrected chi connectivity index (χ4v) is 7.13. The van der Waals surface area contributed by atoms with E-state index in [4.69, 9.17) is 15.2 Å². The molecule has 2 aliphatic rings. The molecule has 1 aliphatic carbocycles. The van der Waals surface area contributed by atoms with Gasteiger partial charge in [0.05, 0.1) is 35.4 Å². The van der Waals surface area contributed by atoms with Gasteiger partial charge in [0.25, 0.3) is 5.91 Å². The van der Waals surface area contributed by atoms with Crippen molar-refractivity contribution in [2.45, 2.75) is 47.6 Å². The number of hydrogen-bond acceptors (Lipinski definition) is 10. The van der Waals surface area contributed by atoms with Crippen molar-refractivity contribution in [2.75, 3.05) is 31.6 Å². The smallest absolute Gasteiger partial charge is 0.252 e. The molecule has 4 heterocycles. The first kappa shape index (κ1) is 28.6. The number of fused-ring (bicyclic) bond motifs is 1. The number of para-hydroxylation sites is 1. The predicted molar refractivity (Wildman–Crippen MR) is 158 cm³/mol. The summed E-state index contributed by atoms with van der Waals surface area (Å²) in [5.74, 6) is -0.536. The van der Waals surface area contributed by atoms with Crippen LogP contribution in [0.25, 0.3) is 11.0 Å². The molecule has 0 unspecified atom stereocenters. The van der Waals surface area contributed by atoms with E-state index in [0.29, 0.717) is 17.5 Å². The Balaban J connectivity index is 1.25. The highest BCUT2D eigenvalue weighted by Crippen LogP contribution is 2.37. The summed E-state index contributed by atoms with van der Waals surface area (Å²) in [6.45, 7) is 3.44. The zero-order valence-electron chi connectivity index (χ0n) is 23.3. The van der Waals surface area contributed by atoms with Gasteiger partial charge in [-0.1, -0.05) is 6.07 Å². The number of primary amides is 1. The topological polar surface area (TPSA) is 176 Å². The molecular weight excluding hydrogens is 570 g/mol. The van der Waals surface area contributed by atoms with E-state index in [2.05, 4.69) is 31.2 Å². The number of benzene rings is 1. The molecule has 2 fully saturated rings. The number of nitrogens with two attached hydrogens (primary N) is 1. The van der Waals surface area contributed by atoms with Gasteiger partial charge < -0.3 is 25.5 Å². The third kappa shape index (κ3) is 5.90. The van der Waals surface area contributed by atoms with Gasteiger partial charge >= 0.3 is 0 Å². The van der Waals surface area contributed by atoms with E-state index in [1.807, 2.05) is 0 Å². The highest BCUT2D eigenvalue weighted by atomic mass is 32.2. The molecule has 222 valence electrons. The van der Waals surface area contributed by atoms with Crippen LogP contribution >= 0.6 is 0 Å². The van der Waals surface area contributed by atoms with E-state index in [9.17, 15) is 18.5 Å². The number of nitrogens with zero attached hydrogens (tertiary/aromatic N) is 4. The van der Waals surface area contributed by atoms with Gasteiger partial charge in [0, 0.05) is 43.0 Å². The average Bonchev–Trinajstić information content (AvgIpc) is 3.50. The lowest BCUT2D eigenvalue weighted by Gasteiger charge is -2.39. The summed E-state index contributed by atoms with van der Waals surface area (Å²) >= 11 is 0. The lowest BCUT2D eigenvalue weighted by atomic mass is 9.90. The number of pyridine rings is 2. The van der Waals surface area contributed by atoms with Crippen molar-refractivity contribution in [3.05, 3.63) is 66.1 Å². The second kappa shape index (κ2) is 12.0. The van der Waals surface area contributed by atoms with E-state index >= 15 is 0 Å². The van der Waals surface area contributed by atoms with Gasteiger partial charge in [-0.25, -0.2) is 18.4 Å². The largest absolute Gasteiger partial charge is 0.453 e. The van der Waals surface area contributed by atoms with Crippen LogP contribution in [0.1, 0.15) is 41.6 Å². The third-order valence-electron chi connectivity index (χ3n) is 8.02. The number of ether oxygens (including phenoxy) is 2. The predicted octanol–water partition coefficient (Wildman–Crippen LogP) is 3.61. The monoisotopic (exact) mass is 601 g/mol. The molecule has 1 saturated carbocycles. The molecule has 0 radical (unpaired) electrons. The van der Waals surface area contributed by atoms with Crippen LogP contribution in [0.15, 0.2) is 64.8 Å². The Bertz CT molecular complexity index is 1800. The minimum atomic E-state index is -4.30. The Labute approximate surface area is 248 Å². The van der Waals surface area contributed by atoms with Gasteiger partial charge in [-0.3, -0.25) is 9.69 Å². The standard InChI is InChI=1S/C30H31N7O5S/c31-16-20-15-24(18-35-30(20)36-21-4-6-22(7-5-21)37-10-12-41-13-11-37)43(39,40)26-3-1-2-25(28(32)38)27(26)42-23-14-19-8-9-33-29(19)34-17-23/h1-3,8-9,14-15,17-18,21-22H,4-7,10-13H2,(H2,32,38)(H,33,34)(H,35,36). The first-order valence-corrected chi connectivity index (χ1v) is 15.6. The number of carbonyl (C=O) groups is 1. The Morgan fingerprint density at radius 3 is 2.65 bits per heavy atom. The Morgan fingerprint density at radius 1 is 1.12 bits per heavy atom. The summed E-state index contributed by atoms with van der Waals surface area (Å²) in [4.78, 5) is 25.9. The van der Waals surface area contributed by atoms with Crippen LogP contribution in [0.2, 0.25) is 0 Å². The molecule has 6 rings (SSSR count). The number of morpholine rings is 1. The molecule has 4 N–H and O–H groups in total. The number of nitriles is 1. The van der Waals surface area contributed by atoms with Gasteiger partial charge in [0.15, 0.2) is 5.75 Å². The second-order valence-corrected chi connectivity index (χ2v) is 12.6. The van der Waals surface area contributed by atoms with E-state index in [1.165, 1.54) is 36.7 Å². The summed E-state index contributed by atoms with van der Waals surface area (Å²) in [7, 11) is -4.30. The number of carbonyl (C=O) groups excluding carboxylic acids is 1. The van der Waals surface area contributed by atoms with Crippen LogP contribution < -0.4 is 15.8 Å². The molecule has 13 heteroatoms. The summed E-state index contributed by atoms with van der Waals surface area (Å²) in [5, 5.41) is 14.0. The summed E-state index contributed by atoms with van der Waals surface area (Å²) in [5.41, 5.74) is 6.20. The highest BCUT2D eigenvalue weighted by Gasteiger charge is 2.30. The lowest BCUT2D eigenvalue weighted by molar-refractivity contribution is 0.00790. The molecule has 12 nitrogen and oxygen atoms in total. The van der Waals surface area contributed by atoms with Gasteiger partial charge in [-0.2, -0.15) is 5.26 Å². The number of anilines is 1. The SMILES string of the molecule is N#Cc1cc(S(=O)(=O)c2cccc(C(N)=O)c2Oc2cnc3[nH]ccc3c2)cnc1NC1CCC(N2CCOCC2)CC1. The van der Waals surface area contributed by atoms with Crippen LogP contribution in [-0.4, -0.2) is 72.6 Å². The maximum Gasteiger partial charge on any atom is 0.252 e. The molecule has 1 saturated heterocycles. The van der Waals surface area contributed by atoms with Gasteiger partial charge in [-0.15, -0.1) is 0 Å². The van der Waals surface area contributed by atoms with Crippen LogP contribution in [0, 0.1) is 11.3 Å². The van der Waals surface area contributed by atoms with Gasteiger partial charge in [0.1, 0.15) is 28.2 Å². The van der Waals surface area contributed by atoms with E-state index in [1.54, 1.807) is 18.3 Å². The van der Waals surface area contributed by atoms with Crippen molar-refractivity contribution < 1.29 is 22.7 Å². The molecule has 1 aromatic carbocycles. The number of rotatable bonds is 8. The van der Waals surface area contributed by atoms with Crippen LogP contribution in [0.5, 0.6) is 11.5 Å². The summed E-state index contributed by atoms with van der Waals surface area (Å²) < 4.78 is 39.2. The quantitative estimate of drug-likeness (QED) is 0.270. The maximum atomic E-state index is 13.9. The minimum absolute atomic E-state index is 0.104. The van der Waals surface area contributed by atoms with Crippen molar-refractivity contribution >= 4 is 32.6 Å². The normalized spacial score (nSPS) is 19.5. The Kier molecular flexibility index (Phi) is 7.98. The molecule has 4 aromatic rings. The number of nitrogens with one attached hydrogen (secondary N) is 2. The molecule has 0 spiro atoms. The number of hydrogen-bond donors (Lipinski definition) is 3. The first-order chi connectivity index (χ1) is 20.8. The van der Waals surface area contributed by atoms with Crippen molar-refractivity contribution in [1.29, 1.82) is 5.26 Å². The summed E-state index contributed by atoms with van der Waals surface area (Å²) in [6.07, 6.45) is 8.22. The molecule has 1 amide bonds. The molecule has 0 bridgehead atoms. The summed E-state index contributed by atoms with van der Waals surface area (Å²) in [6, 6.07) is 11.6. The molecule has 1 aliphatic heterocycles. The lowest BCUT2D eigenvalue weighted by Crippen LogP contribution is -2.46. The molecule has 3 aromatic heterocycles. The number of aromatic amines is 1. The number of amides is 1. The number of aromatic nitrogens is 3. The van der Waals surface area contributed by atoms with Crippen molar-refractivity contribution in [3.63, 3.8) is 0 Å². The third-order valence-corrected chi connectivity index (χ3v) is 9.77. The van der Waals surface area contributed by atoms with E-state index < -0.39 is 15.7 Å².